The number of rotatable bonds is 6. The van der Waals surface area contributed by atoms with Gasteiger partial charge in [-0.15, -0.1) is 0 Å². The number of ether oxygens (including phenoxy) is 1. The Balaban J connectivity index is 1.41. The van der Waals surface area contributed by atoms with E-state index in [1.807, 2.05) is 18.2 Å². The lowest BCUT2D eigenvalue weighted by molar-refractivity contribution is -0.150. The minimum Gasteiger partial charge on any atom is -0.453 e. The van der Waals surface area contributed by atoms with E-state index in [9.17, 15) is 19.2 Å². The molecule has 1 aromatic heterocycles. The number of fused-ring (bicyclic) bond motifs is 1. The second kappa shape index (κ2) is 6.47. The number of aromatic nitrogens is 1. The zero-order valence-electron chi connectivity index (χ0n) is 15.7. The van der Waals surface area contributed by atoms with Gasteiger partial charge in [0.25, 0.3) is 5.91 Å². The molecule has 3 amide bonds. The van der Waals surface area contributed by atoms with E-state index in [1.165, 1.54) is 6.92 Å². The number of urea groups is 1. The molecule has 0 bridgehead atoms. The van der Waals surface area contributed by atoms with Gasteiger partial charge in [0.05, 0.1) is 0 Å². The number of imide groups is 1. The van der Waals surface area contributed by atoms with Gasteiger partial charge in [-0.3, -0.25) is 19.3 Å². The Hall–Kier alpha value is -3.16. The first-order chi connectivity index (χ1) is 13.3. The van der Waals surface area contributed by atoms with Crippen molar-refractivity contribution >= 4 is 34.6 Å². The Bertz CT molecular complexity index is 993. The molecule has 28 heavy (non-hydrogen) atoms. The monoisotopic (exact) mass is 383 g/mol. The minimum atomic E-state index is -1.04. The summed E-state index contributed by atoms with van der Waals surface area (Å²) >= 11 is 0. The number of nitrogens with zero attached hydrogens (tertiary/aromatic N) is 1. The van der Waals surface area contributed by atoms with Crippen LogP contribution in [0.3, 0.4) is 0 Å². The number of carbonyl (C=O) groups is 4. The molecule has 8 nitrogen and oxygen atoms in total. The third kappa shape index (κ3) is 2.94. The quantitative estimate of drug-likeness (QED) is 0.451. The second-order valence-corrected chi connectivity index (χ2v) is 7.54. The molecule has 2 aliphatic rings. The number of hydrogen-bond donors (Lipinski definition) is 2. The molecule has 1 aliphatic carbocycles. The van der Waals surface area contributed by atoms with Gasteiger partial charge in [-0.25, -0.2) is 4.79 Å². The molecule has 2 heterocycles. The summed E-state index contributed by atoms with van der Waals surface area (Å²) in [7, 11) is 0. The predicted molar refractivity (Wildman–Crippen MR) is 99.6 cm³/mol. The van der Waals surface area contributed by atoms with Crippen LogP contribution in [0.5, 0.6) is 0 Å². The van der Waals surface area contributed by atoms with E-state index in [2.05, 4.69) is 10.3 Å². The zero-order valence-corrected chi connectivity index (χ0v) is 15.7. The Kier molecular flexibility index (Phi) is 4.21. The molecule has 0 radical (unpaired) electrons. The molecular weight excluding hydrogens is 362 g/mol. The molecule has 0 unspecified atom stereocenters. The fourth-order valence-corrected chi connectivity index (χ4v) is 3.71. The number of amides is 3. The number of carbonyl (C=O) groups excluding carboxylic acids is 4. The topological polar surface area (TPSA) is 109 Å². The van der Waals surface area contributed by atoms with E-state index in [-0.39, 0.29) is 11.7 Å². The van der Waals surface area contributed by atoms with Crippen molar-refractivity contribution in [2.24, 2.45) is 5.92 Å². The number of ketones is 1. The van der Waals surface area contributed by atoms with E-state index < -0.39 is 36.1 Å². The lowest BCUT2D eigenvalue weighted by Gasteiger charge is -2.21. The lowest BCUT2D eigenvalue weighted by atomic mass is 9.96. The highest BCUT2D eigenvalue weighted by molar-refractivity contribution is 6.11. The molecule has 1 aliphatic heterocycles. The number of nitrogens with one attached hydrogen (secondary N) is 2. The molecule has 146 valence electrons. The molecule has 1 aromatic carbocycles. The van der Waals surface area contributed by atoms with Crippen molar-refractivity contribution in [1.82, 2.24) is 15.2 Å². The average molecular weight is 383 g/mol. The van der Waals surface area contributed by atoms with Gasteiger partial charge in [0.15, 0.2) is 6.10 Å². The maximum absolute atomic E-state index is 12.7. The maximum Gasteiger partial charge on any atom is 0.326 e. The van der Waals surface area contributed by atoms with Crippen LogP contribution in [-0.4, -0.2) is 51.8 Å². The lowest BCUT2D eigenvalue weighted by Crippen LogP contribution is -2.46. The number of esters is 1. The highest BCUT2D eigenvalue weighted by Crippen LogP contribution is 2.42. The van der Waals surface area contributed by atoms with Crippen molar-refractivity contribution < 1.29 is 23.9 Å². The summed E-state index contributed by atoms with van der Waals surface area (Å²) < 4.78 is 5.21. The minimum absolute atomic E-state index is 0.104. The summed E-state index contributed by atoms with van der Waals surface area (Å²) in [5.41, 5.74) is 0.276. The van der Waals surface area contributed by atoms with Crippen LogP contribution in [0.25, 0.3) is 10.9 Å². The summed E-state index contributed by atoms with van der Waals surface area (Å²) in [4.78, 5) is 53.5. The van der Waals surface area contributed by atoms with Crippen molar-refractivity contribution in [3.8, 4) is 0 Å². The normalized spacial score (nSPS) is 23.0. The molecule has 0 spiro atoms. The van der Waals surface area contributed by atoms with Crippen LogP contribution in [0.4, 0.5) is 4.79 Å². The van der Waals surface area contributed by atoms with Crippen LogP contribution in [0.2, 0.25) is 0 Å². The second-order valence-electron chi connectivity index (χ2n) is 7.54. The van der Waals surface area contributed by atoms with E-state index >= 15 is 0 Å². The van der Waals surface area contributed by atoms with Crippen LogP contribution in [0, 0.1) is 5.92 Å². The van der Waals surface area contributed by atoms with Crippen LogP contribution in [0.15, 0.2) is 30.5 Å². The van der Waals surface area contributed by atoms with Crippen LogP contribution >= 0.6 is 0 Å². The third-order valence-electron chi connectivity index (χ3n) is 5.51. The maximum atomic E-state index is 12.7. The number of hydrogen-bond acceptors (Lipinski definition) is 5. The molecule has 1 saturated heterocycles. The van der Waals surface area contributed by atoms with Gasteiger partial charge in [0.1, 0.15) is 12.1 Å². The van der Waals surface area contributed by atoms with Crippen LogP contribution in [-0.2, 0) is 14.3 Å². The van der Waals surface area contributed by atoms with Crippen molar-refractivity contribution in [3.63, 3.8) is 0 Å². The van der Waals surface area contributed by atoms with Gasteiger partial charge in [-0.05, 0) is 38.7 Å². The largest absolute Gasteiger partial charge is 0.453 e. The van der Waals surface area contributed by atoms with Gasteiger partial charge < -0.3 is 15.0 Å². The van der Waals surface area contributed by atoms with Crippen molar-refractivity contribution in [2.75, 3.05) is 6.54 Å². The molecule has 8 heteroatoms. The summed E-state index contributed by atoms with van der Waals surface area (Å²) in [6.07, 6.45) is 2.28. The molecular formula is C20H21N3O5. The van der Waals surface area contributed by atoms with Crippen molar-refractivity contribution in [3.05, 3.63) is 36.0 Å². The molecule has 2 N–H and O–H groups in total. The van der Waals surface area contributed by atoms with Crippen LogP contribution in [0.1, 0.15) is 37.0 Å². The average Bonchev–Trinajstić information content (AvgIpc) is 3.40. The number of aromatic amines is 1. The highest BCUT2D eigenvalue weighted by Gasteiger charge is 2.56. The Morgan fingerprint density at radius 3 is 2.71 bits per heavy atom. The van der Waals surface area contributed by atoms with Crippen molar-refractivity contribution in [1.29, 1.82) is 0 Å². The number of H-pyrrole nitrogens is 1. The smallest absolute Gasteiger partial charge is 0.326 e. The van der Waals surface area contributed by atoms with Gasteiger partial charge in [0.2, 0.25) is 5.78 Å². The highest BCUT2D eigenvalue weighted by atomic mass is 16.5. The summed E-state index contributed by atoms with van der Waals surface area (Å²) in [5.74, 6) is -1.48. The molecule has 1 saturated carbocycles. The molecule has 2 aromatic rings. The molecule has 2 atom stereocenters. The van der Waals surface area contributed by atoms with E-state index in [4.69, 9.17) is 4.74 Å². The zero-order chi connectivity index (χ0) is 20.1. The van der Waals surface area contributed by atoms with E-state index in [0.717, 1.165) is 28.6 Å². The van der Waals surface area contributed by atoms with E-state index in [1.54, 1.807) is 19.2 Å². The van der Waals surface area contributed by atoms with Gasteiger partial charge in [-0.1, -0.05) is 18.2 Å². The predicted octanol–water partition coefficient (Wildman–Crippen LogP) is 2.00. The summed E-state index contributed by atoms with van der Waals surface area (Å²) in [6, 6.07) is 6.71. The summed E-state index contributed by atoms with van der Waals surface area (Å²) in [6.45, 7) is 2.64. The number of Topliss-reactive ketones (excluding diaryl/α,β-unsaturated/α-hetero) is 1. The summed E-state index contributed by atoms with van der Waals surface area (Å²) in [5, 5.41) is 3.42. The van der Waals surface area contributed by atoms with Gasteiger partial charge in [0, 0.05) is 22.7 Å². The van der Waals surface area contributed by atoms with E-state index in [0.29, 0.717) is 5.56 Å². The third-order valence-corrected chi connectivity index (χ3v) is 5.51. The fraction of sp³-hybridized carbons (Fsp3) is 0.400. The fourth-order valence-electron chi connectivity index (χ4n) is 3.71. The Morgan fingerprint density at radius 1 is 1.29 bits per heavy atom. The number of benzene rings is 1. The van der Waals surface area contributed by atoms with Gasteiger partial charge >= 0.3 is 12.0 Å². The number of para-hydroxylation sites is 1. The Morgan fingerprint density at radius 2 is 2.00 bits per heavy atom. The molecule has 4 rings (SSSR count). The molecule has 2 fully saturated rings. The van der Waals surface area contributed by atoms with Crippen molar-refractivity contribution in [2.45, 2.75) is 38.3 Å². The first kappa shape index (κ1) is 18.2. The SMILES string of the molecule is C[C@H](OC(=O)CN1C(=O)N[C@@](C)(C2CC2)C1=O)C(=O)c1c[nH]c2ccccc12. The first-order valence-corrected chi connectivity index (χ1v) is 9.25. The van der Waals surface area contributed by atoms with Crippen LogP contribution < -0.4 is 5.32 Å². The van der Waals surface area contributed by atoms with Gasteiger partial charge in [-0.2, -0.15) is 0 Å². The first-order valence-electron chi connectivity index (χ1n) is 9.25. The standard InChI is InChI=1S/C20H21N3O5/c1-11(17(25)14-9-21-15-6-4-3-5-13(14)15)28-16(24)10-23-18(26)20(2,12-7-8-12)22-19(23)27/h3-6,9,11-12,21H,7-8,10H2,1-2H3,(H,22,27)/t11-,20-/m0/s1. The Labute approximate surface area is 161 Å².